The van der Waals surface area contributed by atoms with Gasteiger partial charge in [-0.1, -0.05) is 18.2 Å². The monoisotopic (exact) mass is 309 g/mol. The van der Waals surface area contributed by atoms with Gasteiger partial charge in [0.25, 0.3) is 5.69 Å². The average Bonchev–Trinajstić information content (AvgIpc) is 2.88. The number of rotatable bonds is 4. The molecule has 116 valence electrons. The topological polar surface area (TPSA) is 80.5 Å². The summed E-state index contributed by atoms with van der Waals surface area (Å²) >= 11 is 0. The van der Waals surface area contributed by atoms with Crippen LogP contribution >= 0.6 is 0 Å². The highest BCUT2D eigenvalue weighted by molar-refractivity contribution is 6.01. The lowest BCUT2D eigenvalue weighted by Gasteiger charge is -2.01. The summed E-state index contributed by atoms with van der Waals surface area (Å²) in [6.07, 6.45) is 1.66. The number of nitrogens with one attached hydrogen (secondary N) is 1. The Labute approximate surface area is 132 Å². The zero-order chi connectivity index (χ0) is 16.4. The fourth-order valence-electron chi connectivity index (χ4n) is 2.48. The Kier molecular flexibility index (Phi) is 3.80. The first-order valence-electron chi connectivity index (χ1n) is 7.04. The SMILES string of the molecule is COc1ccc(N=Cc2c(C)[nH]c3ccccc23)c([N+](=O)[O-])c1. The van der Waals surface area contributed by atoms with Gasteiger partial charge in [-0.3, -0.25) is 10.1 Å². The zero-order valence-electron chi connectivity index (χ0n) is 12.7. The molecular weight excluding hydrogens is 294 g/mol. The molecule has 0 aliphatic carbocycles. The Hall–Kier alpha value is -3.15. The van der Waals surface area contributed by atoms with E-state index >= 15 is 0 Å². The van der Waals surface area contributed by atoms with Gasteiger partial charge in [0.2, 0.25) is 0 Å². The fourth-order valence-corrected chi connectivity index (χ4v) is 2.48. The summed E-state index contributed by atoms with van der Waals surface area (Å²) < 4.78 is 5.03. The Balaban J connectivity index is 2.05. The number of ether oxygens (including phenoxy) is 1. The molecule has 0 fully saturated rings. The summed E-state index contributed by atoms with van der Waals surface area (Å²) in [5.74, 6) is 0.430. The normalized spacial score (nSPS) is 11.2. The van der Waals surface area contributed by atoms with Crippen LogP contribution in [0.1, 0.15) is 11.3 Å². The summed E-state index contributed by atoms with van der Waals surface area (Å²) in [4.78, 5) is 18.3. The van der Waals surface area contributed by atoms with Crippen LogP contribution in [0.4, 0.5) is 11.4 Å². The standard InChI is InChI=1S/C17H15N3O3/c1-11-14(13-5-3-4-6-15(13)19-11)10-18-16-8-7-12(23-2)9-17(16)20(21)22/h3-10,19H,1-2H3. The molecule has 2 aromatic carbocycles. The second-order valence-electron chi connectivity index (χ2n) is 5.08. The molecule has 23 heavy (non-hydrogen) atoms. The maximum Gasteiger partial charge on any atom is 0.298 e. The largest absolute Gasteiger partial charge is 0.496 e. The number of aryl methyl sites for hydroxylation is 1. The molecule has 1 N–H and O–H groups in total. The minimum Gasteiger partial charge on any atom is -0.496 e. The van der Waals surface area contributed by atoms with E-state index in [4.69, 9.17) is 4.74 Å². The molecule has 3 rings (SSSR count). The van der Waals surface area contributed by atoms with Crippen molar-refractivity contribution in [3.63, 3.8) is 0 Å². The van der Waals surface area contributed by atoms with Crippen molar-refractivity contribution in [2.24, 2.45) is 4.99 Å². The molecule has 0 aliphatic heterocycles. The maximum atomic E-state index is 11.2. The summed E-state index contributed by atoms with van der Waals surface area (Å²) in [5, 5.41) is 12.2. The third-order valence-corrected chi connectivity index (χ3v) is 3.66. The first-order chi connectivity index (χ1) is 11.1. The van der Waals surface area contributed by atoms with Crippen LogP contribution in [0, 0.1) is 17.0 Å². The van der Waals surface area contributed by atoms with Crippen LogP contribution in [0.15, 0.2) is 47.5 Å². The molecule has 0 amide bonds. The van der Waals surface area contributed by atoms with Crippen LogP contribution in [0.5, 0.6) is 5.75 Å². The molecule has 0 aliphatic rings. The first-order valence-corrected chi connectivity index (χ1v) is 7.04. The summed E-state index contributed by atoms with van der Waals surface area (Å²) in [6.45, 7) is 1.95. The third kappa shape index (κ3) is 2.78. The van der Waals surface area contributed by atoms with E-state index in [-0.39, 0.29) is 5.69 Å². The molecule has 0 saturated carbocycles. The Morgan fingerprint density at radius 1 is 1.26 bits per heavy atom. The number of fused-ring (bicyclic) bond motifs is 1. The number of methoxy groups -OCH3 is 1. The molecule has 0 atom stereocenters. The number of hydrogen-bond acceptors (Lipinski definition) is 4. The number of hydrogen-bond donors (Lipinski definition) is 1. The molecule has 6 nitrogen and oxygen atoms in total. The summed E-state index contributed by atoms with van der Waals surface area (Å²) in [7, 11) is 1.47. The number of aliphatic imine (C=N–C) groups is 1. The van der Waals surface area contributed by atoms with Gasteiger partial charge >= 0.3 is 0 Å². The van der Waals surface area contributed by atoms with Gasteiger partial charge in [0, 0.05) is 28.4 Å². The highest BCUT2D eigenvalue weighted by atomic mass is 16.6. The van der Waals surface area contributed by atoms with E-state index in [0.29, 0.717) is 11.4 Å². The van der Waals surface area contributed by atoms with Crippen LogP contribution in [0.3, 0.4) is 0 Å². The van der Waals surface area contributed by atoms with Crippen molar-refractivity contribution in [2.45, 2.75) is 6.92 Å². The van der Waals surface area contributed by atoms with Crippen LogP contribution < -0.4 is 4.74 Å². The molecule has 6 heteroatoms. The van der Waals surface area contributed by atoms with E-state index in [1.165, 1.54) is 13.2 Å². The fraction of sp³-hybridized carbons (Fsp3) is 0.118. The van der Waals surface area contributed by atoms with Gasteiger partial charge in [0.15, 0.2) is 0 Å². The Bertz CT molecular complexity index is 913. The molecule has 0 bridgehead atoms. The van der Waals surface area contributed by atoms with Crippen LogP contribution in [-0.2, 0) is 0 Å². The van der Waals surface area contributed by atoms with Crippen molar-refractivity contribution in [3.05, 3.63) is 63.8 Å². The number of aromatic nitrogens is 1. The lowest BCUT2D eigenvalue weighted by atomic mass is 10.1. The Morgan fingerprint density at radius 2 is 2.04 bits per heavy atom. The molecule has 1 aromatic heterocycles. The molecule has 0 radical (unpaired) electrons. The van der Waals surface area contributed by atoms with E-state index in [0.717, 1.165) is 22.2 Å². The van der Waals surface area contributed by atoms with E-state index in [9.17, 15) is 10.1 Å². The highest BCUT2D eigenvalue weighted by Gasteiger charge is 2.14. The number of H-pyrrole nitrogens is 1. The minimum absolute atomic E-state index is 0.0851. The highest BCUT2D eigenvalue weighted by Crippen LogP contribution is 2.31. The Morgan fingerprint density at radius 3 is 2.78 bits per heavy atom. The zero-order valence-corrected chi connectivity index (χ0v) is 12.7. The van der Waals surface area contributed by atoms with Gasteiger partial charge in [0.1, 0.15) is 11.4 Å². The minimum atomic E-state index is -0.461. The van der Waals surface area contributed by atoms with Crippen LogP contribution in [-0.4, -0.2) is 23.2 Å². The van der Waals surface area contributed by atoms with Crippen molar-refractivity contribution in [1.29, 1.82) is 0 Å². The molecule has 1 heterocycles. The summed E-state index contributed by atoms with van der Waals surface area (Å²) in [6, 6.07) is 12.5. The van der Waals surface area contributed by atoms with Gasteiger partial charge in [-0.2, -0.15) is 0 Å². The number of nitro groups is 1. The van der Waals surface area contributed by atoms with Gasteiger partial charge in [-0.05, 0) is 25.1 Å². The second-order valence-corrected chi connectivity index (χ2v) is 5.08. The van der Waals surface area contributed by atoms with Crippen molar-refractivity contribution in [3.8, 4) is 5.75 Å². The number of aromatic amines is 1. The molecule has 0 unspecified atom stereocenters. The smallest absolute Gasteiger partial charge is 0.298 e. The van der Waals surface area contributed by atoms with Crippen molar-refractivity contribution < 1.29 is 9.66 Å². The average molecular weight is 309 g/mol. The van der Waals surface area contributed by atoms with Gasteiger partial charge < -0.3 is 9.72 Å². The van der Waals surface area contributed by atoms with Crippen LogP contribution in [0.25, 0.3) is 10.9 Å². The number of nitrogens with zero attached hydrogens (tertiary/aromatic N) is 2. The molecular formula is C17H15N3O3. The van der Waals surface area contributed by atoms with Crippen molar-refractivity contribution >= 4 is 28.5 Å². The number of benzene rings is 2. The van der Waals surface area contributed by atoms with Crippen molar-refractivity contribution in [1.82, 2.24) is 4.98 Å². The summed E-state index contributed by atoms with van der Waals surface area (Å²) in [5.41, 5.74) is 3.10. The molecule has 0 saturated heterocycles. The second kappa shape index (κ2) is 5.92. The van der Waals surface area contributed by atoms with E-state index < -0.39 is 4.92 Å². The van der Waals surface area contributed by atoms with E-state index in [2.05, 4.69) is 9.98 Å². The predicted octanol–water partition coefficient (Wildman–Crippen LogP) is 4.14. The van der Waals surface area contributed by atoms with E-state index in [1.807, 2.05) is 31.2 Å². The van der Waals surface area contributed by atoms with Gasteiger partial charge in [-0.15, -0.1) is 0 Å². The maximum absolute atomic E-state index is 11.2. The number of para-hydroxylation sites is 1. The quantitative estimate of drug-likeness (QED) is 0.446. The number of nitro benzene ring substituents is 1. The van der Waals surface area contributed by atoms with Gasteiger partial charge in [0.05, 0.1) is 18.1 Å². The van der Waals surface area contributed by atoms with Gasteiger partial charge in [-0.25, -0.2) is 4.99 Å². The lowest BCUT2D eigenvalue weighted by molar-refractivity contribution is -0.384. The molecule has 3 aromatic rings. The van der Waals surface area contributed by atoms with Crippen LogP contribution in [0.2, 0.25) is 0 Å². The lowest BCUT2D eigenvalue weighted by Crippen LogP contribution is -1.91. The first kappa shape index (κ1) is 14.8. The third-order valence-electron chi connectivity index (χ3n) is 3.66. The molecule has 0 spiro atoms. The van der Waals surface area contributed by atoms with Crippen molar-refractivity contribution in [2.75, 3.05) is 7.11 Å². The predicted molar refractivity (Wildman–Crippen MR) is 89.9 cm³/mol. The van der Waals surface area contributed by atoms with E-state index in [1.54, 1.807) is 18.3 Å².